The van der Waals surface area contributed by atoms with Crippen molar-refractivity contribution in [1.29, 1.82) is 0 Å². The van der Waals surface area contributed by atoms with Crippen LogP contribution in [0.1, 0.15) is 32.6 Å². The first kappa shape index (κ1) is 18.3. The van der Waals surface area contributed by atoms with E-state index in [1.165, 1.54) is 11.1 Å². The number of aryl methyl sites for hydroxylation is 3. The van der Waals surface area contributed by atoms with E-state index in [0.717, 1.165) is 21.3 Å². The summed E-state index contributed by atoms with van der Waals surface area (Å²) in [6, 6.07) is 15.7. The fourth-order valence-electron chi connectivity index (χ4n) is 3.04. The Morgan fingerprint density at radius 1 is 1.04 bits per heavy atom. The summed E-state index contributed by atoms with van der Waals surface area (Å²) in [6.07, 6.45) is 3.52. The van der Waals surface area contributed by atoms with Crippen molar-refractivity contribution in [2.45, 2.75) is 27.3 Å². The predicted octanol–water partition coefficient (Wildman–Crippen LogP) is 5.46. The van der Waals surface area contributed by atoms with E-state index in [4.69, 9.17) is 4.98 Å². The molecule has 0 radical (unpaired) electrons. The molecule has 0 aliphatic rings. The normalized spacial score (nSPS) is 11.0. The molecule has 2 aromatic carbocycles. The second kappa shape index (κ2) is 7.52. The maximum absolute atomic E-state index is 13.3. The van der Waals surface area contributed by atoms with Gasteiger partial charge in [0.25, 0.3) is 5.91 Å². The minimum atomic E-state index is -0.0589. The first-order valence-electron chi connectivity index (χ1n) is 9.16. The lowest BCUT2D eigenvalue weighted by Gasteiger charge is -2.20. The van der Waals surface area contributed by atoms with Crippen LogP contribution in [0.4, 0.5) is 5.13 Å². The smallest absolute Gasteiger partial charge is 0.260 e. The van der Waals surface area contributed by atoms with Crippen molar-refractivity contribution in [2.24, 2.45) is 0 Å². The van der Waals surface area contributed by atoms with Gasteiger partial charge in [-0.1, -0.05) is 35.1 Å². The van der Waals surface area contributed by atoms with Crippen LogP contribution in [0.2, 0.25) is 0 Å². The highest BCUT2D eigenvalue weighted by atomic mass is 32.1. The number of carbonyl (C=O) groups excluding carboxylic acids is 1. The van der Waals surface area contributed by atoms with E-state index in [1.807, 2.05) is 43.3 Å². The van der Waals surface area contributed by atoms with Crippen LogP contribution < -0.4 is 4.90 Å². The minimum absolute atomic E-state index is 0.0589. The maximum Gasteiger partial charge on any atom is 0.260 e. The quantitative estimate of drug-likeness (QED) is 0.467. The van der Waals surface area contributed by atoms with Gasteiger partial charge in [-0.3, -0.25) is 14.7 Å². The van der Waals surface area contributed by atoms with Crippen molar-refractivity contribution in [3.05, 3.63) is 88.7 Å². The van der Waals surface area contributed by atoms with Gasteiger partial charge >= 0.3 is 0 Å². The lowest BCUT2D eigenvalue weighted by molar-refractivity contribution is 0.0985. The van der Waals surface area contributed by atoms with Gasteiger partial charge in [-0.2, -0.15) is 0 Å². The molecule has 0 unspecified atom stereocenters. The highest BCUT2D eigenvalue weighted by Crippen LogP contribution is 2.32. The van der Waals surface area contributed by atoms with Crippen LogP contribution >= 0.6 is 11.3 Å². The molecule has 0 fully saturated rings. The zero-order valence-electron chi connectivity index (χ0n) is 16.1. The van der Waals surface area contributed by atoms with Crippen molar-refractivity contribution < 1.29 is 4.79 Å². The van der Waals surface area contributed by atoms with Gasteiger partial charge in [0.2, 0.25) is 0 Å². The van der Waals surface area contributed by atoms with E-state index in [1.54, 1.807) is 28.6 Å². The molecule has 0 aliphatic heterocycles. The van der Waals surface area contributed by atoms with Crippen LogP contribution in [-0.4, -0.2) is 15.9 Å². The molecular weight excluding hydrogens is 366 g/mol. The lowest BCUT2D eigenvalue weighted by atomic mass is 10.1. The van der Waals surface area contributed by atoms with Crippen molar-refractivity contribution >= 4 is 32.6 Å². The average Bonchev–Trinajstić information content (AvgIpc) is 3.09. The summed E-state index contributed by atoms with van der Waals surface area (Å²) < 4.78 is 1.09. The zero-order valence-corrected chi connectivity index (χ0v) is 17.0. The fraction of sp³-hybridized carbons (Fsp3) is 0.174. The van der Waals surface area contributed by atoms with Crippen LogP contribution in [0.5, 0.6) is 0 Å². The molecule has 140 valence electrons. The van der Waals surface area contributed by atoms with E-state index in [-0.39, 0.29) is 5.91 Å². The standard InChI is InChI=1S/C23H21N3OS/c1-15-6-8-19(9-7-15)22(27)26(14-18-5-4-10-24-13-18)23-25-20-11-16(2)17(3)12-21(20)28-23/h4-13H,14H2,1-3H3. The van der Waals surface area contributed by atoms with Crippen molar-refractivity contribution in [2.75, 3.05) is 4.90 Å². The molecule has 0 bridgehead atoms. The number of fused-ring (bicyclic) bond motifs is 1. The van der Waals surface area contributed by atoms with Gasteiger partial charge in [0, 0.05) is 18.0 Å². The Kier molecular flexibility index (Phi) is 4.92. The van der Waals surface area contributed by atoms with Crippen LogP contribution in [0.15, 0.2) is 60.9 Å². The SMILES string of the molecule is Cc1ccc(C(=O)N(Cc2cccnc2)c2nc3cc(C)c(C)cc3s2)cc1. The molecule has 28 heavy (non-hydrogen) atoms. The summed E-state index contributed by atoms with van der Waals surface area (Å²) in [4.78, 5) is 24.1. The molecule has 0 atom stereocenters. The monoisotopic (exact) mass is 387 g/mol. The Labute approximate surface area is 168 Å². The first-order valence-corrected chi connectivity index (χ1v) is 9.98. The minimum Gasteiger partial charge on any atom is -0.279 e. The second-order valence-electron chi connectivity index (χ2n) is 7.02. The van der Waals surface area contributed by atoms with Crippen LogP contribution in [-0.2, 0) is 6.54 Å². The molecule has 2 aromatic heterocycles. The Balaban J connectivity index is 1.78. The Hall–Kier alpha value is -3.05. The van der Waals surface area contributed by atoms with E-state index < -0.39 is 0 Å². The zero-order chi connectivity index (χ0) is 19.7. The number of thiazole rings is 1. The number of hydrogen-bond donors (Lipinski definition) is 0. The number of rotatable bonds is 4. The highest BCUT2D eigenvalue weighted by molar-refractivity contribution is 7.22. The third kappa shape index (κ3) is 3.66. The first-order chi connectivity index (χ1) is 13.5. The van der Waals surface area contributed by atoms with Gasteiger partial charge in [-0.15, -0.1) is 0 Å². The molecule has 4 aromatic rings. The summed E-state index contributed by atoms with van der Waals surface area (Å²) in [5.41, 5.74) is 6.10. The summed E-state index contributed by atoms with van der Waals surface area (Å²) >= 11 is 1.55. The number of aromatic nitrogens is 2. The van der Waals surface area contributed by atoms with Crippen molar-refractivity contribution in [1.82, 2.24) is 9.97 Å². The summed E-state index contributed by atoms with van der Waals surface area (Å²) in [6.45, 7) is 6.62. The second-order valence-corrected chi connectivity index (χ2v) is 8.03. The predicted molar refractivity (Wildman–Crippen MR) is 115 cm³/mol. The largest absolute Gasteiger partial charge is 0.279 e. The van der Waals surface area contributed by atoms with E-state index in [9.17, 15) is 4.79 Å². The third-order valence-corrected chi connectivity index (χ3v) is 5.87. The van der Waals surface area contributed by atoms with E-state index in [2.05, 4.69) is 31.0 Å². The van der Waals surface area contributed by atoms with Crippen molar-refractivity contribution in [3.63, 3.8) is 0 Å². The van der Waals surface area contributed by atoms with Crippen LogP contribution in [0.25, 0.3) is 10.2 Å². The topological polar surface area (TPSA) is 46.1 Å². The highest BCUT2D eigenvalue weighted by Gasteiger charge is 2.22. The Bertz CT molecular complexity index is 1090. The molecule has 0 saturated carbocycles. The van der Waals surface area contributed by atoms with E-state index >= 15 is 0 Å². The van der Waals surface area contributed by atoms with E-state index in [0.29, 0.717) is 17.2 Å². The molecule has 5 heteroatoms. The fourth-order valence-corrected chi connectivity index (χ4v) is 4.08. The number of carbonyl (C=O) groups is 1. The number of nitrogens with zero attached hydrogens (tertiary/aromatic N) is 3. The van der Waals surface area contributed by atoms with Gasteiger partial charge in [0.05, 0.1) is 16.8 Å². The van der Waals surface area contributed by atoms with Gasteiger partial charge in [-0.25, -0.2) is 4.98 Å². The van der Waals surface area contributed by atoms with Crippen molar-refractivity contribution in [3.8, 4) is 0 Å². The number of pyridine rings is 1. The van der Waals surface area contributed by atoms with Crippen LogP contribution in [0.3, 0.4) is 0 Å². The molecule has 0 aliphatic carbocycles. The molecule has 2 heterocycles. The lowest BCUT2D eigenvalue weighted by Crippen LogP contribution is -2.30. The number of benzene rings is 2. The average molecular weight is 388 g/mol. The molecule has 1 amide bonds. The van der Waals surface area contributed by atoms with Gasteiger partial charge in [0.1, 0.15) is 0 Å². The van der Waals surface area contributed by atoms with Crippen LogP contribution in [0, 0.1) is 20.8 Å². The summed E-state index contributed by atoms with van der Waals surface area (Å²) in [5.74, 6) is -0.0589. The number of amides is 1. The third-order valence-electron chi connectivity index (χ3n) is 4.83. The molecule has 4 rings (SSSR count). The number of hydrogen-bond acceptors (Lipinski definition) is 4. The summed E-state index contributed by atoms with van der Waals surface area (Å²) in [7, 11) is 0. The molecule has 4 nitrogen and oxygen atoms in total. The molecular formula is C23H21N3OS. The Morgan fingerprint density at radius 2 is 1.79 bits per heavy atom. The van der Waals surface area contributed by atoms with Gasteiger partial charge < -0.3 is 0 Å². The van der Waals surface area contributed by atoms with Gasteiger partial charge in [0.15, 0.2) is 5.13 Å². The molecule has 0 saturated heterocycles. The molecule has 0 spiro atoms. The maximum atomic E-state index is 13.3. The molecule has 0 N–H and O–H groups in total. The van der Waals surface area contributed by atoms with Gasteiger partial charge in [-0.05, 0) is 67.8 Å². The summed E-state index contributed by atoms with van der Waals surface area (Å²) in [5, 5.41) is 0.703. The number of anilines is 1. The Morgan fingerprint density at radius 3 is 2.50 bits per heavy atom.